The number of amides is 2. The SMILES string of the molecule is CC(C)(C)OC(=O)NN(C(=O)OC(C)(C)C)c1ccc2c(ccn2Cc2ccccc2)n1. The Balaban J connectivity index is 1.90. The molecule has 2 aromatic heterocycles. The third kappa shape index (κ3) is 6.23. The maximum Gasteiger partial charge on any atom is 0.435 e. The van der Waals surface area contributed by atoms with Crippen LogP contribution in [0.3, 0.4) is 0 Å². The fourth-order valence-corrected chi connectivity index (χ4v) is 3.00. The summed E-state index contributed by atoms with van der Waals surface area (Å²) >= 11 is 0. The van der Waals surface area contributed by atoms with Gasteiger partial charge in [-0.2, -0.15) is 5.01 Å². The molecule has 170 valence electrons. The number of nitrogens with one attached hydrogen (secondary N) is 1. The maximum atomic E-state index is 12.8. The molecule has 1 N–H and O–H groups in total. The van der Waals surface area contributed by atoms with Crippen LogP contribution in [-0.2, 0) is 16.0 Å². The van der Waals surface area contributed by atoms with Crippen LogP contribution < -0.4 is 10.4 Å². The number of carbonyl (C=O) groups is 2. The molecule has 0 saturated carbocycles. The van der Waals surface area contributed by atoms with Crippen molar-refractivity contribution in [1.82, 2.24) is 15.0 Å². The molecule has 0 atom stereocenters. The molecule has 8 nitrogen and oxygen atoms in total. The van der Waals surface area contributed by atoms with Crippen LogP contribution >= 0.6 is 0 Å². The Labute approximate surface area is 188 Å². The Bertz CT molecular complexity index is 1090. The van der Waals surface area contributed by atoms with E-state index < -0.39 is 23.4 Å². The molecule has 0 radical (unpaired) electrons. The number of benzene rings is 1. The Morgan fingerprint density at radius 3 is 2.22 bits per heavy atom. The number of carbonyl (C=O) groups excluding carboxylic acids is 2. The summed E-state index contributed by atoms with van der Waals surface area (Å²) in [6.07, 6.45) is 0.388. The first-order chi connectivity index (χ1) is 14.9. The number of anilines is 1. The van der Waals surface area contributed by atoms with E-state index in [0.717, 1.165) is 16.1 Å². The highest BCUT2D eigenvalue weighted by Crippen LogP contribution is 2.22. The largest absolute Gasteiger partial charge is 0.443 e. The van der Waals surface area contributed by atoms with Crippen LogP contribution in [0.25, 0.3) is 11.0 Å². The molecular weight excluding hydrogens is 408 g/mol. The van der Waals surface area contributed by atoms with Gasteiger partial charge in [0.2, 0.25) is 0 Å². The van der Waals surface area contributed by atoms with Crippen molar-refractivity contribution in [3.05, 3.63) is 60.3 Å². The van der Waals surface area contributed by atoms with Gasteiger partial charge in [-0.3, -0.25) is 0 Å². The van der Waals surface area contributed by atoms with Crippen LogP contribution in [0.2, 0.25) is 0 Å². The van der Waals surface area contributed by atoms with E-state index in [1.807, 2.05) is 36.5 Å². The maximum absolute atomic E-state index is 12.8. The molecule has 2 heterocycles. The van der Waals surface area contributed by atoms with Crippen molar-refractivity contribution < 1.29 is 19.1 Å². The van der Waals surface area contributed by atoms with Crippen molar-refractivity contribution in [3.63, 3.8) is 0 Å². The van der Waals surface area contributed by atoms with Gasteiger partial charge in [-0.05, 0) is 65.3 Å². The predicted octanol–water partition coefficient (Wildman–Crippen LogP) is 5.27. The molecule has 0 fully saturated rings. The first-order valence-corrected chi connectivity index (χ1v) is 10.4. The van der Waals surface area contributed by atoms with E-state index in [-0.39, 0.29) is 5.82 Å². The highest BCUT2D eigenvalue weighted by Gasteiger charge is 2.28. The van der Waals surface area contributed by atoms with Gasteiger partial charge in [-0.25, -0.2) is 20.0 Å². The molecule has 2 amide bonds. The van der Waals surface area contributed by atoms with E-state index >= 15 is 0 Å². The number of pyridine rings is 1. The van der Waals surface area contributed by atoms with E-state index in [0.29, 0.717) is 12.1 Å². The molecule has 32 heavy (non-hydrogen) atoms. The first kappa shape index (κ1) is 23.1. The van der Waals surface area contributed by atoms with Crippen molar-refractivity contribution in [1.29, 1.82) is 0 Å². The van der Waals surface area contributed by atoms with Gasteiger partial charge in [0.05, 0.1) is 11.0 Å². The monoisotopic (exact) mass is 438 g/mol. The van der Waals surface area contributed by atoms with Gasteiger partial charge < -0.3 is 14.0 Å². The number of ether oxygens (including phenoxy) is 2. The summed E-state index contributed by atoms with van der Waals surface area (Å²) in [7, 11) is 0. The fraction of sp³-hybridized carbons (Fsp3) is 0.375. The molecular formula is C24H30N4O4. The smallest absolute Gasteiger partial charge is 0.435 e. The van der Waals surface area contributed by atoms with Crippen LogP contribution in [-0.4, -0.2) is 32.9 Å². The van der Waals surface area contributed by atoms with Gasteiger partial charge in [0.25, 0.3) is 0 Å². The standard InChI is InChI=1S/C24H30N4O4/c1-23(2,3)31-21(29)26-28(22(30)32-24(4,5)6)20-13-12-19-18(25-20)14-15-27(19)16-17-10-8-7-9-11-17/h7-15H,16H2,1-6H3,(H,26,29). The average Bonchev–Trinajstić information content (AvgIpc) is 3.06. The summed E-state index contributed by atoms with van der Waals surface area (Å²) < 4.78 is 12.8. The number of rotatable bonds is 3. The normalized spacial score (nSPS) is 11.8. The zero-order valence-corrected chi connectivity index (χ0v) is 19.4. The summed E-state index contributed by atoms with van der Waals surface area (Å²) in [4.78, 5) is 29.8. The van der Waals surface area contributed by atoms with Crippen LogP contribution in [0.1, 0.15) is 47.1 Å². The third-order valence-electron chi connectivity index (χ3n) is 4.21. The van der Waals surface area contributed by atoms with Crippen molar-refractivity contribution in [2.24, 2.45) is 0 Å². The van der Waals surface area contributed by atoms with Crippen molar-refractivity contribution in [3.8, 4) is 0 Å². The molecule has 8 heteroatoms. The van der Waals surface area contributed by atoms with Crippen molar-refractivity contribution in [2.45, 2.75) is 59.3 Å². The van der Waals surface area contributed by atoms with Crippen LogP contribution in [0.4, 0.5) is 15.4 Å². The summed E-state index contributed by atoms with van der Waals surface area (Å²) in [6.45, 7) is 11.2. The quantitative estimate of drug-likeness (QED) is 0.563. The fourth-order valence-electron chi connectivity index (χ4n) is 3.00. The molecule has 1 aromatic carbocycles. The van der Waals surface area contributed by atoms with Crippen molar-refractivity contribution >= 4 is 29.0 Å². The molecule has 3 aromatic rings. The predicted molar refractivity (Wildman–Crippen MR) is 123 cm³/mol. The Hall–Kier alpha value is -3.55. The molecule has 0 unspecified atom stereocenters. The summed E-state index contributed by atoms with van der Waals surface area (Å²) in [6, 6.07) is 15.5. The number of aromatic nitrogens is 2. The zero-order valence-electron chi connectivity index (χ0n) is 19.4. The molecule has 0 saturated heterocycles. The molecule has 0 bridgehead atoms. The molecule has 3 rings (SSSR count). The lowest BCUT2D eigenvalue weighted by Crippen LogP contribution is -2.50. The second-order valence-corrected chi connectivity index (χ2v) is 9.43. The zero-order chi connectivity index (χ0) is 23.5. The first-order valence-electron chi connectivity index (χ1n) is 10.4. The topological polar surface area (TPSA) is 85.7 Å². The van der Waals surface area contributed by atoms with Gasteiger partial charge in [0.15, 0.2) is 5.82 Å². The van der Waals surface area contributed by atoms with Gasteiger partial charge in [0, 0.05) is 12.7 Å². The van der Waals surface area contributed by atoms with Gasteiger partial charge in [-0.1, -0.05) is 30.3 Å². The lowest BCUT2D eigenvalue weighted by atomic mass is 10.2. The highest BCUT2D eigenvalue weighted by atomic mass is 16.6. The van der Waals surface area contributed by atoms with E-state index in [9.17, 15) is 9.59 Å². The average molecular weight is 439 g/mol. The van der Waals surface area contributed by atoms with E-state index in [1.54, 1.807) is 47.6 Å². The van der Waals surface area contributed by atoms with Gasteiger partial charge >= 0.3 is 12.2 Å². The van der Waals surface area contributed by atoms with Crippen LogP contribution in [0, 0.1) is 0 Å². The van der Waals surface area contributed by atoms with E-state index in [2.05, 4.69) is 27.1 Å². The Morgan fingerprint density at radius 2 is 1.59 bits per heavy atom. The second kappa shape index (κ2) is 8.90. The minimum atomic E-state index is -0.785. The highest BCUT2D eigenvalue weighted by molar-refractivity contribution is 5.91. The lowest BCUT2D eigenvalue weighted by Gasteiger charge is -2.28. The summed E-state index contributed by atoms with van der Waals surface area (Å²) in [5, 5.41) is 0.966. The van der Waals surface area contributed by atoms with E-state index in [4.69, 9.17) is 9.47 Å². The third-order valence-corrected chi connectivity index (χ3v) is 4.21. The summed E-state index contributed by atoms with van der Waals surface area (Å²) in [5.41, 5.74) is 3.71. The number of nitrogens with zero attached hydrogens (tertiary/aromatic N) is 3. The summed E-state index contributed by atoms with van der Waals surface area (Å²) in [5.74, 6) is 0.218. The number of hydrazine groups is 1. The minimum Gasteiger partial charge on any atom is -0.443 e. The second-order valence-electron chi connectivity index (χ2n) is 9.43. The number of hydrogen-bond acceptors (Lipinski definition) is 5. The molecule has 0 spiro atoms. The number of hydrogen-bond donors (Lipinski definition) is 1. The lowest BCUT2D eigenvalue weighted by molar-refractivity contribution is 0.0424. The van der Waals surface area contributed by atoms with Crippen LogP contribution in [0.5, 0.6) is 0 Å². The van der Waals surface area contributed by atoms with Crippen molar-refractivity contribution in [2.75, 3.05) is 5.01 Å². The molecule has 0 aliphatic heterocycles. The van der Waals surface area contributed by atoms with Gasteiger partial charge in [-0.15, -0.1) is 0 Å². The molecule has 0 aliphatic rings. The molecule has 0 aliphatic carbocycles. The van der Waals surface area contributed by atoms with E-state index in [1.165, 1.54) is 0 Å². The Kier molecular flexibility index (Phi) is 6.43. The Morgan fingerprint density at radius 1 is 0.938 bits per heavy atom. The number of fused-ring (bicyclic) bond motifs is 1. The minimum absolute atomic E-state index is 0.218. The van der Waals surface area contributed by atoms with Crippen LogP contribution in [0.15, 0.2) is 54.7 Å². The van der Waals surface area contributed by atoms with Gasteiger partial charge in [0.1, 0.15) is 11.2 Å².